The van der Waals surface area contributed by atoms with E-state index in [1.165, 1.54) is 10.4 Å². The van der Waals surface area contributed by atoms with E-state index in [9.17, 15) is 4.79 Å². The summed E-state index contributed by atoms with van der Waals surface area (Å²) < 4.78 is 7.01. The van der Waals surface area contributed by atoms with Crippen LogP contribution in [0.5, 0.6) is 0 Å². The highest BCUT2D eigenvalue weighted by Crippen LogP contribution is 2.38. The summed E-state index contributed by atoms with van der Waals surface area (Å²) in [6.45, 7) is 7.61. The Hall–Kier alpha value is -2.75. The van der Waals surface area contributed by atoms with Crippen molar-refractivity contribution in [2.24, 2.45) is 5.92 Å². The van der Waals surface area contributed by atoms with Crippen LogP contribution in [0.4, 0.5) is 0 Å². The number of carbonyl (C=O) groups is 1. The van der Waals surface area contributed by atoms with Crippen molar-refractivity contribution in [3.8, 4) is 0 Å². The number of Topliss-reactive ketones (excluding diaryl/α,β-unsaturated/α-hetero) is 1. The van der Waals surface area contributed by atoms with E-state index >= 15 is 0 Å². The van der Waals surface area contributed by atoms with Gasteiger partial charge in [-0.2, -0.15) is 0 Å². The van der Waals surface area contributed by atoms with Gasteiger partial charge in [0.1, 0.15) is 5.78 Å². The van der Waals surface area contributed by atoms with Gasteiger partial charge in [0.25, 0.3) is 8.32 Å². The van der Waals surface area contributed by atoms with E-state index in [-0.39, 0.29) is 16.9 Å². The van der Waals surface area contributed by atoms with Crippen molar-refractivity contribution in [1.29, 1.82) is 0 Å². The number of ketones is 1. The van der Waals surface area contributed by atoms with Crippen LogP contribution in [0, 0.1) is 5.92 Å². The van der Waals surface area contributed by atoms with Gasteiger partial charge in [0.15, 0.2) is 0 Å². The highest BCUT2D eigenvalue weighted by molar-refractivity contribution is 6.99. The molecule has 3 aromatic rings. The van der Waals surface area contributed by atoms with E-state index in [1.807, 2.05) is 18.2 Å². The average molecular weight is 483 g/mol. The predicted octanol–water partition coefficient (Wildman–Crippen LogP) is 6.66. The summed E-state index contributed by atoms with van der Waals surface area (Å²) in [6.07, 6.45) is 8.12. The molecule has 4 rings (SSSR count). The maximum atomic E-state index is 12.8. The number of hydrogen-bond donors (Lipinski definition) is 0. The molecule has 2 atom stereocenters. The minimum atomic E-state index is -2.50. The van der Waals surface area contributed by atoms with Crippen LogP contribution in [0.25, 0.3) is 0 Å². The van der Waals surface area contributed by atoms with Gasteiger partial charge in [-0.1, -0.05) is 124 Å². The normalized spacial score (nSPS) is 19.2. The second-order valence-electron chi connectivity index (χ2n) is 10.6. The molecular weight excluding hydrogens is 444 g/mol. The Bertz CT molecular complexity index is 1060. The van der Waals surface area contributed by atoms with E-state index in [1.54, 1.807) is 0 Å². The molecule has 0 heterocycles. The first-order chi connectivity index (χ1) is 16.9. The molecule has 0 amide bonds. The van der Waals surface area contributed by atoms with Crippen LogP contribution >= 0.6 is 0 Å². The number of allylic oxidation sites excluding steroid dienone is 1. The second-order valence-corrected chi connectivity index (χ2v) is 14.9. The molecular formula is C32H38O2Si. The Morgan fingerprint density at radius 1 is 0.857 bits per heavy atom. The lowest BCUT2D eigenvalue weighted by atomic mass is 9.74. The van der Waals surface area contributed by atoms with Crippen LogP contribution in [-0.4, -0.2) is 20.7 Å². The maximum Gasteiger partial charge on any atom is 0.261 e. The van der Waals surface area contributed by atoms with Crippen LogP contribution < -0.4 is 10.4 Å². The van der Waals surface area contributed by atoms with Crippen molar-refractivity contribution in [1.82, 2.24) is 0 Å². The number of carbonyl (C=O) groups excluding carboxylic acids is 1. The lowest BCUT2D eigenvalue weighted by Crippen LogP contribution is -2.66. The molecule has 1 saturated carbocycles. The van der Waals surface area contributed by atoms with Gasteiger partial charge in [-0.3, -0.25) is 4.79 Å². The first-order valence-electron chi connectivity index (χ1n) is 12.9. The molecule has 182 valence electrons. The molecule has 1 fully saturated rings. The van der Waals surface area contributed by atoms with E-state index in [2.05, 4.69) is 106 Å². The minimum Gasteiger partial charge on any atom is -0.407 e. The predicted molar refractivity (Wildman–Crippen MR) is 149 cm³/mol. The molecule has 1 aliphatic carbocycles. The van der Waals surface area contributed by atoms with Gasteiger partial charge >= 0.3 is 0 Å². The molecule has 0 aromatic heterocycles. The lowest BCUT2D eigenvalue weighted by Gasteiger charge is -2.43. The summed E-state index contributed by atoms with van der Waals surface area (Å²) in [6, 6.07) is 31.9. The minimum absolute atomic E-state index is 0.0150. The summed E-state index contributed by atoms with van der Waals surface area (Å²) in [7, 11) is -2.50. The quantitative estimate of drug-likeness (QED) is 0.204. The average Bonchev–Trinajstić information content (AvgIpc) is 2.87. The first-order valence-corrected chi connectivity index (χ1v) is 14.8. The summed E-state index contributed by atoms with van der Waals surface area (Å²) in [5.74, 6) is 0.631. The molecule has 0 bridgehead atoms. The van der Waals surface area contributed by atoms with E-state index in [4.69, 9.17) is 4.43 Å². The van der Waals surface area contributed by atoms with Crippen molar-refractivity contribution in [2.45, 2.75) is 57.4 Å². The third-order valence-electron chi connectivity index (χ3n) is 7.30. The molecule has 0 radical (unpaired) electrons. The summed E-state index contributed by atoms with van der Waals surface area (Å²) in [5, 5.41) is 2.60. The van der Waals surface area contributed by atoms with Crippen molar-refractivity contribution < 1.29 is 9.22 Å². The van der Waals surface area contributed by atoms with Gasteiger partial charge in [0.2, 0.25) is 0 Å². The van der Waals surface area contributed by atoms with Gasteiger partial charge in [-0.25, -0.2) is 0 Å². The van der Waals surface area contributed by atoms with E-state index in [0.29, 0.717) is 18.8 Å². The molecule has 3 aromatic carbocycles. The third-order valence-corrected chi connectivity index (χ3v) is 12.3. The molecule has 0 spiro atoms. The highest BCUT2D eigenvalue weighted by Gasteiger charge is 2.49. The van der Waals surface area contributed by atoms with Crippen molar-refractivity contribution in [3.63, 3.8) is 0 Å². The fourth-order valence-electron chi connectivity index (χ4n) is 5.69. The Morgan fingerprint density at radius 3 is 1.94 bits per heavy atom. The lowest BCUT2D eigenvalue weighted by molar-refractivity contribution is -0.122. The van der Waals surface area contributed by atoms with E-state index < -0.39 is 8.32 Å². The van der Waals surface area contributed by atoms with Crippen LogP contribution in [0.3, 0.4) is 0 Å². The van der Waals surface area contributed by atoms with Crippen LogP contribution in [0.2, 0.25) is 5.04 Å². The topological polar surface area (TPSA) is 26.3 Å². The fraction of sp³-hybridized carbons (Fsp3) is 0.344. The van der Waals surface area contributed by atoms with Crippen LogP contribution in [0.15, 0.2) is 103 Å². The van der Waals surface area contributed by atoms with Gasteiger partial charge in [-0.05, 0) is 46.2 Å². The zero-order valence-electron chi connectivity index (χ0n) is 21.3. The van der Waals surface area contributed by atoms with Gasteiger partial charge < -0.3 is 4.43 Å². The Morgan fingerprint density at radius 2 is 1.40 bits per heavy atom. The summed E-state index contributed by atoms with van der Waals surface area (Å²) in [4.78, 5) is 12.8. The second kappa shape index (κ2) is 11.3. The molecule has 3 heteroatoms. The summed E-state index contributed by atoms with van der Waals surface area (Å²) >= 11 is 0. The molecule has 1 aliphatic rings. The third kappa shape index (κ3) is 5.57. The van der Waals surface area contributed by atoms with Gasteiger partial charge in [0.05, 0.1) is 0 Å². The SMILES string of the molecule is CC(C)(C)[Si](OCC/C=C\[C@@H]1CCCC(=O)[C@H]1c1ccccc1)(c1ccccc1)c1ccccc1. The van der Waals surface area contributed by atoms with Crippen molar-refractivity contribution >= 4 is 24.5 Å². The first kappa shape index (κ1) is 25.3. The molecule has 0 N–H and O–H groups in total. The van der Waals surface area contributed by atoms with Gasteiger partial charge in [-0.15, -0.1) is 0 Å². The van der Waals surface area contributed by atoms with Crippen LogP contribution in [0.1, 0.15) is 57.9 Å². The molecule has 0 saturated heterocycles. The Labute approximate surface area is 212 Å². The smallest absolute Gasteiger partial charge is 0.261 e. The monoisotopic (exact) mass is 482 g/mol. The standard InChI is InChI=1S/C32H38O2Si/c1-32(2,3)35(28-20-9-5-10-21-28,29-22-11-6-12-23-29)34-25-14-13-18-27-19-15-24-30(33)31(27)26-16-7-4-8-17-26/h4-13,16-18,20-23,27,31H,14-15,19,24-25H2,1-3H3/b18-13-/t27-,31+/m1/s1. The fourth-order valence-corrected chi connectivity index (χ4v) is 10.3. The highest BCUT2D eigenvalue weighted by atomic mass is 28.4. The molecule has 0 unspecified atom stereocenters. The molecule has 0 aliphatic heterocycles. The number of rotatable bonds is 8. The largest absolute Gasteiger partial charge is 0.407 e. The Kier molecular flexibility index (Phi) is 8.20. The van der Waals surface area contributed by atoms with Gasteiger partial charge in [0, 0.05) is 18.9 Å². The van der Waals surface area contributed by atoms with Crippen LogP contribution in [-0.2, 0) is 9.22 Å². The maximum absolute atomic E-state index is 12.8. The van der Waals surface area contributed by atoms with E-state index in [0.717, 1.165) is 24.8 Å². The zero-order valence-corrected chi connectivity index (χ0v) is 22.3. The van der Waals surface area contributed by atoms with Crippen molar-refractivity contribution in [3.05, 3.63) is 109 Å². The number of benzene rings is 3. The molecule has 2 nitrogen and oxygen atoms in total. The number of hydrogen-bond acceptors (Lipinski definition) is 2. The summed E-state index contributed by atoms with van der Waals surface area (Å²) in [5.41, 5.74) is 1.15. The van der Waals surface area contributed by atoms with Crippen molar-refractivity contribution in [2.75, 3.05) is 6.61 Å². The Balaban J connectivity index is 1.53. The zero-order chi connectivity index (χ0) is 24.7. The molecule has 35 heavy (non-hydrogen) atoms.